The number of aliphatic hydroxyl groups excluding tert-OH is 1. The van der Waals surface area contributed by atoms with E-state index in [2.05, 4.69) is 35.4 Å². The fourth-order valence-electron chi connectivity index (χ4n) is 4.58. The number of piperidine rings is 1. The lowest BCUT2D eigenvalue weighted by Gasteiger charge is -2.43. The van der Waals surface area contributed by atoms with Crippen LogP contribution in [0, 0.1) is 22.7 Å². The molecular formula is C24H26ClN5O2. The third kappa shape index (κ3) is 4.29. The van der Waals surface area contributed by atoms with Crippen molar-refractivity contribution in [2.24, 2.45) is 11.3 Å². The van der Waals surface area contributed by atoms with Crippen molar-refractivity contribution in [2.75, 3.05) is 18.4 Å². The molecule has 1 aliphatic rings. The van der Waals surface area contributed by atoms with Crippen LogP contribution in [-0.4, -0.2) is 39.3 Å². The maximum Gasteiger partial charge on any atom is 0.321 e. The zero-order valence-electron chi connectivity index (χ0n) is 18.1. The van der Waals surface area contributed by atoms with Crippen LogP contribution in [0.25, 0.3) is 10.9 Å². The number of nitrogens with zero attached hydrogens (tertiary/aromatic N) is 3. The lowest BCUT2D eigenvalue weighted by Crippen LogP contribution is -2.45. The summed E-state index contributed by atoms with van der Waals surface area (Å²) in [5, 5.41) is 31.7. The average molecular weight is 452 g/mol. The molecule has 0 spiro atoms. The summed E-state index contributed by atoms with van der Waals surface area (Å²) in [5.74, 6) is 0.223. The highest BCUT2D eigenvalue weighted by atomic mass is 35.5. The molecule has 32 heavy (non-hydrogen) atoms. The first-order chi connectivity index (χ1) is 15.3. The van der Waals surface area contributed by atoms with Crippen molar-refractivity contribution >= 4 is 34.2 Å². The first kappa shape index (κ1) is 22.1. The van der Waals surface area contributed by atoms with Gasteiger partial charge < -0.3 is 15.3 Å². The summed E-state index contributed by atoms with van der Waals surface area (Å²) in [6.07, 6.45) is 2.53. The number of carbonyl (C=O) groups is 1. The molecule has 1 atom stereocenters. The standard InChI is InChI=1S/C24H26ClN5O2/c1-24(2,22(31)20-12-18(25)11-16-14-27-29-21(16)20)17-6-8-30(9-7-17)23(32)28-19-5-3-4-15(10-19)13-26/h3-5,10-12,14,17,22,31H,6-9H2,1-2H3,(H,27,29)(H,28,32). The fraction of sp³-hybridized carbons (Fsp3) is 0.375. The van der Waals surface area contributed by atoms with E-state index >= 15 is 0 Å². The molecule has 1 aromatic heterocycles. The fourth-order valence-corrected chi connectivity index (χ4v) is 4.82. The highest BCUT2D eigenvalue weighted by Crippen LogP contribution is 2.46. The molecule has 2 amide bonds. The Labute approximate surface area is 192 Å². The van der Waals surface area contributed by atoms with Crippen molar-refractivity contribution in [3.63, 3.8) is 0 Å². The number of hydrogen-bond donors (Lipinski definition) is 3. The van der Waals surface area contributed by atoms with Crippen molar-refractivity contribution in [2.45, 2.75) is 32.8 Å². The van der Waals surface area contributed by atoms with E-state index in [0.29, 0.717) is 29.4 Å². The Morgan fingerprint density at radius 3 is 2.81 bits per heavy atom. The Hall–Kier alpha value is -3.08. The smallest absolute Gasteiger partial charge is 0.321 e. The van der Waals surface area contributed by atoms with Gasteiger partial charge in [-0.2, -0.15) is 10.4 Å². The largest absolute Gasteiger partial charge is 0.388 e. The number of aliphatic hydroxyl groups is 1. The van der Waals surface area contributed by atoms with Crippen molar-refractivity contribution in [3.05, 3.63) is 58.7 Å². The lowest BCUT2D eigenvalue weighted by atomic mass is 9.68. The van der Waals surface area contributed by atoms with Crippen molar-refractivity contribution in [1.82, 2.24) is 15.1 Å². The first-order valence-corrected chi connectivity index (χ1v) is 11.0. The van der Waals surface area contributed by atoms with Crippen LogP contribution in [0.5, 0.6) is 0 Å². The van der Waals surface area contributed by atoms with Crippen molar-refractivity contribution in [3.8, 4) is 6.07 Å². The van der Waals surface area contributed by atoms with Gasteiger partial charge >= 0.3 is 6.03 Å². The zero-order chi connectivity index (χ0) is 22.9. The molecule has 1 saturated heterocycles. The quantitative estimate of drug-likeness (QED) is 0.513. The normalized spacial score (nSPS) is 16.0. The van der Waals surface area contributed by atoms with Gasteiger partial charge in [0, 0.05) is 34.7 Å². The van der Waals surface area contributed by atoms with Crippen molar-refractivity contribution < 1.29 is 9.90 Å². The SMILES string of the molecule is CC(C)(C1CCN(C(=O)Nc2cccc(C#N)c2)CC1)C(O)c1cc(Cl)cc2cn[nH]c12. The number of H-pyrrole nitrogens is 1. The minimum atomic E-state index is -0.733. The number of nitrogens with one attached hydrogen (secondary N) is 2. The molecule has 166 valence electrons. The molecule has 1 aliphatic heterocycles. The first-order valence-electron chi connectivity index (χ1n) is 10.7. The molecule has 2 heterocycles. The summed E-state index contributed by atoms with van der Waals surface area (Å²) >= 11 is 6.28. The van der Waals surface area contributed by atoms with Crippen LogP contribution >= 0.6 is 11.6 Å². The van der Waals surface area contributed by atoms with Crippen LogP contribution in [0.2, 0.25) is 5.02 Å². The number of urea groups is 1. The number of amides is 2. The van der Waals surface area contributed by atoms with Crippen LogP contribution < -0.4 is 5.32 Å². The molecular weight excluding hydrogens is 426 g/mol. The summed E-state index contributed by atoms with van der Waals surface area (Å²) in [7, 11) is 0. The number of likely N-dealkylation sites (tertiary alicyclic amines) is 1. The Bertz CT molecular complexity index is 1170. The number of halogens is 1. The molecule has 0 radical (unpaired) electrons. The number of benzene rings is 2. The third-order valence-corrected chi connectivity index (χ3v) is 6.84. The van der Waals surface area contributed by atoms with Gasteiger partial charge in [0.2, 0.25) is 0 Å². The molecule has 7 nitrogen and oxygen atoms in total. The Balaban J connectivity index is 1.43. The lowest BCUT2D eigenvalue weighted by molar-refractivity contribution is -0.0138. The maximum absolute atomic E-state index is 12.7. The monoisotopic (exact) mass is 451 g/mol. The molecule has 1 fully saturated rings. The number of anilines is 1. The molecule has 3 aromatic rings. The summed E-state index contributed by atoms with van der Waals surface area (Å²) < 4.78 is 0. The maximum atomic E-state index is 12.7. The topological polar surface area (TPSA) is 105 Å². The number of fused-ring (bicyclic) bond motifs is 1. The highest BCUT2D eigenvalue weighted by molar-refractivity contribution is 6.31. The second-order valence-electron chi connectivity index (χ2n) is 8.94. The van der Waals surface area contributed by atoms with E-state index in [9.17, 15) is 9.90 Å². The van der Waals surface area contributed by atoms with E-state index in [1.807, 2.05) is 6.07 Å². The van der Waals surface area contributed by atoms with Gasteiger partial charge in [-0.15, -0.1) is 0 Å². The van der Waals surface area contributed by atoms with Crippen LogP contribution in [0.15, 0.2) is 42.6 Å². The highest BCUT2D eigenvalue weighted by Gasteiger charge is 2.40. The van der Waals surface area contributed by atoms with Gasteiger partial charge in [-0.1, -0.05) is 31.5 Å². The summed E-state index contributed by atoms with van der Waals surface area (Å²) in [4.78, 5) is 14.5. The van der Waals surface area contributed by atoms with Crippen molar-refractivity contribution in [1.29, 1.82) is 5.26 Å². The zero-order valence-corrected chi connectivity index (χ0v) is 18.9. The van der Waals surface area contributed by atoms with E-state index in [1.165, 1.54) is 0 Å². The molecule has 0 aliphatic carbocycles. The Morgan fingerprint density at radius 2 is 2.09 bits per heavy atom. The van der Waals surface area contributed by atoms with Gasteiger partial charge in [-0.25, -0.2) is 4.79 Å². The predicted molar refractivity (Wildman–Crippen MR) is 124 cm³/mol. The second kappa shape index (κ2) is 8.81. The van der Waals surface area contributed by atoms with Gasteiger partial charge in [0.25, 0.3) is 0 Å². The predicted octanol–water partition coefficient (Wildman–Crippen LogP) is 5.09. The third-order valence-electron chi connectivity index (χ3n) is 6.62. The number of aromatic nitrogens is 2. The molecule has 8 heteroatoms. The Morgan fingerprint density at radius 1 is 1.34 bits per heavy atom. The van der Waals surface area contributed by atoms with Crippen LogP contribution in [0.3, 0.4) is 0 Å². The number of rotatable bonds is 4. The van der Waals surface area contributed by atoms with E-state index in [1.54, 1.807) is 41.4 Å². The van der Waals surface area contributed by atoms with E-state index < -0.39 is 11.5 Å². The summed E-state index contributed by atoms with van der Waals surface area (Å²) in [5.41, 5.74) is 2.23. The number of nitriles is 1. The molecule has 0 saturated carbocycles. The molecule has 0 bridgehead atoms. The minimum absolute atomic E-state index is 0.175. The van der Waals surface area contributed by atoms with Gasteiger partial charge in [0.15, 0.2) is 0 Å². The Kier molecular flexibility index (Phi) is 6.09. The average Bonchev–Trinajstić information content (AvgIpc) is 3.26. The molecule has 3 N–H and O–H groups in total. The summed E-state index contributed by atoms with van der Waals surface area (Å²) in [6.45, 7) is 5.32. The number of hydrogen-bond acceptors (Lipinski definition) is 4. The van der Waals surface area contributed by atoms with E-state index in [-0.39, 0.29) is 11.9 Å². The van der Waals surface area contributed by atoms with Gasteiger partial charge in [-0.05, 0) is 54.5 Å². The van der Waals surface area contributed by atoms with Crippen LogP contribution in [0.4, 0.5) is 10.5 Å². The minimum Gasteiger partial charge on any atom is -0.388 e. The molecule has 1 unspecified atom stereocenters. The number of carbonyl (C=O) groups excluding carboxylic acids is 1. The summed E-state index contributed by atoms with van der Waals surface area (Å²) in [6, 6.07) is 12.4. The molecule has 4 rings (SSSR count). The second-order valence-corrected chi connectivity index (χ2v) is 9.37. The van der Waals surface area contributed by atoms with E-state index in [0.717, 1.165) is 29.3 Å². The van der Waals surface area contributed by atoms with Gasteiger partial charge in [-0.3, -0.25) is 5.10 Å². The van der Waals surface area contributed by atoms with Crippen LogP contribution in [-0.2, 0) is 0 Å². The molecule has 2 aromatic carbocycles. The van der Waals surface area contributed by atoms with Gasteiger partial charge in [0.1, 0.15) is 0 Å². The van der Waals surface area contributed by atoms with Crippen LogP contribution in [0.1, 0.15) is 43.9 Å². The van der Waals surface area contributed by atoms with Gasteiger partial charge in [0.05, 0.1) is 29.5 Å². The number of aromatic amines is 1. The van der Waals surface area contributed by atoms with E-state index in [4.69, 9.17) is 16.9 Å².